The summed E-state index contributed by atoms with van der Waals surface area (Å²) in [5.41, 5.74) is 0. The Kier molecular flexibility index (Phi) is 3.91. The predicted octanol–water partition coefficient (Wildman–Crippen LogP) is 2.49. The first kappa shape index (κ1) is 12.4. The van der Waals surface area contributed by atoms with Gasteiger partial charge in [-0.3, -0.25) is 4.90 Å². The van der Waals surface area contributed by atoms with Gasteiger partial charge in [-0.1, -0.05) is 20.8 Å². The summed E-state index contributed by atoms with van der Waals surface area (Å²) in [6, 6.07) is 2.42. The molecule has 0 bridgehead atoms. The maximum atomic E-state index is 3.72. The van der Waals surface area contributed by atoms with Crippen molar-refractivity contribution in [2.45, 2.75) is 65.1 Å². The molecule has 2 rings (SSSR count). The summed E-state index contributed by atoms with van der Waals surface area (Å²) in [6.07, 6.45) is 4.03. The van der Waals surface area contributed by atoms with Gasteiger partial charge in [0, 0.05) is 24.7 Å². The van der Waals surface area contributed by atoms with Crippen LogP contribution in [0.2, 0.25) is 0 Å². The van der Waals surface area contributed by atoms with Crippen molar-refractivity contribution < 1.29 is 0 Å². The van der Waals surface area contributed by atoms with Crippen LogP contribution in [0, 0.1) is 11.8 Å². The number of nitrogens with zero attached hydrogens (tertiary/aromatic N) is 1. The Hall–Kier alpha value is -0.0800. The molecule has 2 aliphatic rings. The summed E-state index contributed by atoms with van der Waals surface area (Å²) in [6.45, 7) is 12.0. The lowest BCUT2D eigenvalue weighted by molar-refractivity contribution is 0.0742. The fourth-order valence-electron chi connectivity index (χ4n) is 3.24. The fraction of sp³-hybridized carbons (Fsp3) is 1.00. The van der Waals surface area contributed by atoms with Crippen molar-refractivity contribution in [1.29, 1.82) is 0 Å². The molecule has 16 heavy (non-hydrogen) atoms. The number of nitrogens with one attached hydrogen (secondary N) is 1. The summed E-state index contributed by atoms with van der Waals surface area (Å²) in [5, 5.41) is 3.72. The zero-order valence-corrected chi connectivity index (χ0v) is 11.4. The van der Waals surface area contributed by atoms with E-state index in [1.807, 2.05) is 0 Å². The molecule has 2 fully saturated rings. The van der Waals surface area contributed by atoms with Crippen LogP contribution in [0.5, 0.6) is 0 Å². The maximum Gasteiger partial charge on any atom is 0.0127 e. The Balaban J connectivity index is 1.87. The smallest absolute Gasteiger partial charge is 0.0127 e. The van der Waals surface area contributed by atoms with Gasteiger partial charge < -0.3 is 5.32 Å². The lowest BCUT2D eigenvalue weighted by Gasteiger charge is -2.43. The lowest BCUT2D eigenvalue weighted by Crippen LogP contribution is -2.54. The fourth-order valence-corrected chi connectivity index (χ4v) is 3.24. The van der Waals surface area contributed by atoms with E-state index in [0.717, 1.165) is 30.0 Å². The van der Waals surface area contributed by atoms with Gasteiger partial charge in [-0.15, -0.1) is 0 Å². The molecule has 94 valence electrons. The first-order valence-electron chi connectivity index (χ1n) is 7.14. The van der Waals surface area contributed by atoms with Crippen LogP contribution in [0.3, 0.4) is 0 Å². The molecule has 2 heteroatoms. The highest BCUT2D eigenvalue weighted by atomic mass is 15.2. The average Bonchev–Trinajstić information content (AvgIpc) is 2.98. The summed E-state index contributed by atoms with van der Waals surface area (Å²) in [5.74, 6) is 1.75. The van der Waals surface area contributed by atoms with Gasteiger partial charge in [-0.05, 0) is 44.6 Å². The minimum absolute atomic E-state index is 0.750. The van der Waals surface area contributed by atoms with E-state index in [1.54, 1.807) is 0 Å². The Labute approximate surface area is 101 Å². The van der Waals surface area contributed by atoms with Gasteiger partial charge in [0.25, 0.3) is 0 Å². The van der Waals surface area contributed by atoms with E-state index in [1.165, 1.54) is 32.4 Å². The minimum atomic E-state index is 0.750. The van der Waals surface area contributed by atoms with Crippen molar-refractivity contribution in [2.24, 2.45) is 11.8 Å². The highest BCUT2D eigenvalue weighted by molar-refractivity contribution is 4.99. The Bertz CT molecular complexity index is 229. The molecule has 0 aromatic carbocycles. The number of likely N-dealkylation sites (tertiary alicyclic amines) is 1. The first-order chi connectivity index (χ1) is 7.65. The Morgan fingerprint density at radius 3 is 2.50 bits per heavy atom. The van der Waals surface area contributed by atoms with Crippen LogP contribution in [0.4, 0.5) is 0 Å². The summed E-state index contributed by atoms with van der Waals surface area (Å²) in [7, 11) is 0. The van der Waals surface area contributed by atoms with Crippen molar-refractivity contribution in [1.82, 2.24) is 10.2 Å². The van der Waals surface area contributed by atoms with E-state index in [4.69, 9.17) is 0 Å². The summed E-state index contributed by atoms with van der Waals surface area (Å²) < 4.78 is 0. The number of hydrogen-bond donors (Lipinski definition) is 1. The van der Waals surface area contributed by atoms with Crippen LogP contribution in [0.15, 0.2) is 0 Å². The maximum absolute atomic E-state index is 3.72. The molecule has 1 saturated heterocycles. The Morgan fingerprint density at radius 2 is 1.94 bits per heavy atom. The van der Waals surface area contributed by atoms with Crippen LogP contribution in [0.25, 0.3) is 0 Å². The van der Waals surface area contributed by atoms with E-state index in [2.05, 4.69) is 37.9 Å². The number of hydrogen-bond acceptors (Lipinski definition) is 2. The van der Waals surface area contributed by atoms with Crippen molar-refractivity contribution >= 4 is 0 Å². The van der Waals surface area contributed by atoms with Crippen LogP contribution in [-0.4, -0.2) is 36.1 Å². The SMILES string of the molecule is CCCNC1CCN(C2CC2C)C(C)C1C. The van der Waals surface area contributed by atoms with Crippen molar-refractivity contribution in [3.8, 4) is 0 Å². The molecule has 0 spiro atoms. The summed E-state index contributed by atoms with van der Waals surface area (Å²) >= 11 is 0. The third-order valence-corrected chi connectivity index (χ3v) is 4.77. The quantitative estimate of drug-likeness (QED) is 0.789. The number of rotatable bonds is 4. The van der Waals surface area contributed by atoms with Crippen LogP contribution < -0.4 is 5.32 Å². The van der Waals surface area contributed by atoms with E-state index in [9.17, 15) is 0 Å². The number of piperidine rings is 1. The van der Waals surface area contributed by atoms with Crippen molar-refractivity contribution in [2.75, 3.05) is 13.1 Å². The average molecular weight is 224 g/mol. The molecule has 5 unspecified atom stereocenters. The second kappa shape index (κ2) is 5.05. The normalized spacial score (nSPS) is 44.6. The van der Waals surface area contributed by atoms with Gasteiger partial charge in [0.05, 0.1) is 0 Å². The lowest BCUT2D eigenvalue weighted by atomic mass is 9.86. The molecule has 0 aromatic rings. The van der Waals surface area contributed by atoms with Gasteiger partial charge in [0.1, 0.15) is 0 Å². The highest BCUT2D eigenvalue weighted by Crippen LogP contribution is 2.39. The minimum Gasteiger partial charge on any atom is -0.314 e. The molecule has 1 N–H and O–H groups in total. The molecule has 5 atom stereocenters. The van der Waals surface area contributed by atoms with E-state index in [0.29, 0.717) is 0 Å². The van der Waals surface area contributed by atoms with Crippen LogP contribution in [-0.2, 0) is 0 Å². The van der Waals surface area contributed by atoms with Crippen LogP contribution in [0.1, 0.15) is 47.0 Å². The molecule has 1 saturated carbocycles. The molecule has 1 heterocycles. The van der Waals surface area contributed by atoms with Gasteiger partial charge in [-0.2, -0.15) is 0 Å². The third-order valence-electron chi connectivity index (χ3n) is 4.77. The molecule has 0 aromatic heterocycles. The first-order valence-corrected chi connectivity index (χ1v) is 7.14. The monoisotopic (exact) mass is 224 g/mol. The second-order valence-corrected chi connectivity index (χ2v) is 5.97. The zero-order chi connectivity index (χ0) is 11.7. The largest absolute Gasteiger partial charge is 0.314 e. The molecular weight excluding hydrogens is 196 g/mol. The predicted molar refractivity (Wildman–Crippen MR) is 69.6 cm³/mol. The van der Waals surface area contributed by atoms with E-state index in [-0.39, 0.29) is 0 Å². The molecule has 1 aliphatic carbocycles. The third kappa shape index (κ3) is 2.43. The van der Waals surface area contributed by atoms with Gasteiger partial charge in [0.15, 0.2) is 0 Å². The molecule has 0 radical (unpaired) electrons. The second-order valence-electron chi connectivity index (χ2n) is 5.97. The van der Waals surface area contributed by atoms with Gasteiger partial charge >= 0.3 is 0 Å². The van der Waals surface area contributed by atoms with Gasteiger partial charge in [0.2, 0.25) is 0 Å². The molecule has 0 amide bonds. The molecular formula is C14H28N2. The van der Waals surface area contributed by atoms with Crippen molar-refractivity contribution in [3.63, 3.8) is 0 Å². The van der Waals surface area contributed by atoms with Crippen molar-refractivity contribution in [3.05, 3.63) is 0 Å². The van der Waals surface area contributed by atoms with Gasteiger partial charge in [-0.25, -0.2) is 0 Å². The topological polar surface area (TPSA) is 15.3 Å². The molecule has 1 aliphatic heterocycles. The van der Waals surface area contributed by atoms with E-state index < -0.39 is 0 Å². The Morgan fingerprint density at radius 1 is 1.25 bits per heavy atom. The molecule has 2 nitrogen and oxygen atoms in total. The summed E-state index contributed by atoms with van der Waals surface area (Å²) in [4.78, 5) is 2.76. The van der Waals surface area contributed by atoms with Crippen LogP contribution >= 0.6 is 0 Å². The zero-order valence-electron chi connectivity index (χ0n) is 11.4. The highest BCUT2D eigenvalue weighted by Gasteiger charge is 2.44. The standard InChI is InChI=1S/C14H28N2/c1-5-7-15-13-6-8-16(12(4)11(13)3)14-9-10(14)2/h10-15H,5-9H2,1-4H3. The van der Waals surface area contributed by atoms with E-state index >= 15 is 0 Å².